The number of pyridine rings is 1. The van der Waals surface area contributed by atoms with E-state index in [9.17, 15) is 9.18 Å². The zero-order valence-corrected chi connectivity index (χ0v) is 9.26. The fraction of sp³-hybridized carbons (Fsp3) is 0. The summed E-state index contributed by atoms with van der Waals surface area (Å²) in [5, 5.41) is 6.86. The summed E-state index contributed by atoms with van der Waals surface area (Å²) in [5.41, 5.74) is 0.129. The summed E-state index contributed by atoms with van der Waals surface area (Å²) in [6, 6.07) is 10.1. The SMILES string of the molecule is N=CC(=O)c1cccc(Oc2ccc(F)cc2)n1. The first-order valence-corrected chi connectivity index (χ1v) is 5.14. The van der Waals surface area contributed by atoms with Gasteiger partial charge < -0.3 is 10.1 Å². The molecule has 1 aromatic heterocycles. The van der Waals surface area contributed by atoms with Gasteiger partial charge in [-0.25, -0.2) is 9.37 Å². The van der Waals surface area contributed by atoms with Crippen LogP contribution in [0.15, 0.2) is 42.5 Å². The van der Waals surface area contributed by atoms with Crippen molar-refractivity contribution in [1.29, 1.82) is 5.41 Å². The molecule has 0 radical (unpaired) electrons. The van der Waals surface area contributed by atoms with Crippen LogP contribution in [-0.4, -0.2) is 17.0 Å². The van der Waals surface area contributed by atoms with Gasteiger partial charge >= 0.3 is 0 Å². The summed E-state index contributed by atoms with van der Waals surface area (Å²) in [7, 11) is 0. The lowest BCUT2D eigenvalue weighted by Gasteiger charge is -2.05. The number of hydrogen-bond donors (Lipinski definition) is 1. The van der Waals surface area contributed by atoms with E-state index in [4.69, 9.17) is 10.1 Å². The second-order valence-electron chi connectivity index (χ2n) is 3.43. The van der Waals surface area contributed by atoms with Crippen LogP contribution in [0.5, 0.6) is 11.6 Å². The summed E-state index contributed by atoms with van der Waals surface area (Å²) in [4.78, 5) is 15.2. The van der Waals surface area contributed by atoms with Crippen molar-refractivity contribution in [1.82, 2.24) is 4.98 Å². The van der Waals surface area contributed by atoms with E-state index in [0.29, 0.717) is 12.0 Å². The van der Waals surface area contributed by atoms with E-state index in [1.54, 1.807) is 12.1 Å². The van der Waals surface area contributed by atoms with E-state index in [1.807, 2.05) is 0 Å². The Kier molecular flexibility index (Phi) is 3.43. The number of ketones is 1. The van der Waals surface area contributed by atoms with E-state index in [2.05, 4.69) is 4.98 Å². The second-order valence-corrected chi connectivity index (χ2v) is 3.43. The lowest BCUT2D eigenvalue weighted by atomic mass is 10.2. The molecule has 0 fully saturated rings. The van der Waals surface area contributed by atoms with Gasteiger partial charge in [0.2, 0.25) is 11.7 Å². The zero-order valence-electron chi connectivity index (χ0n) is 9.26. The van der Waals surface area contributed by atoms with Gasteiger partial charge in [0, 0.05) is 6.07 Å². The van der Waals surface area contributed by atoms with Crippen molar-refractivity contribution in [2.75, 3.05) is 0 Å². The van der Waals surface area contributed by atoms with Crippen molar-refractivity contribution in [3.63, 3.8) is 0 Å². The van der Waals surface area contributed by atoms with Crippen molar-refractivity contribution in [2.45, 2.75) is 0 Å². The maximum absolute atomic E-state index is 12.7. The Bertz CT molecular complexity index is 582. The molecule has 0 saturated carbocycles. The van der Waals surface area contributed by atoms with Gasteiger partial charge in [-0.15, -0.1) is 0 Å². The van der Waals surface area contributed by atoms with Crippen molar-refractivity contribution in [3.8, 4) is 11.6 Å². The van der Waals surface area contributed by atoms with Gasteiger partial charge in [0.15, 0.2) is 0 Å². The van der Waals surface area contributed by atoms with Crippen molar-refractivity contribution in [3.05, 3.63) is 54.0 Å². The average Bonchev–Trinajstić information content (AvgIpc) is 2.41. The highest BCUT2D eigenvalue weighted by Gasteiger charge is 2.06. The molecule has 0 bridgehead atoms. The second kappa shape index (κ2) is 5.18. The minimum Gasteiger partial charge on any atom is -0.439 e. The predicted molar refractivity (Wildman–Crippen MR) is 63.8 cm³/mol. The van der Waals surface area contributed by atoms with Crippen molar-refractivity contribution < 1.29 is 13.9 Å². The standard InChI is InChI=1S/C13H9FN2O2/c14-9-4-6-10(7-5-9)18-13-3-1-2-11(16-13)12(17)8-15/h1-8,15H. The molecule has 1 heterocycles. The molecule has 0 aliphatic heterocycles. The molecule has 1 aromatic carbocycles. The summed E-state index contributed by atoms with van der Waals surface area (Å²) >= 11 is 0. The molecule has 90 valence electrons. The molecule has 18 heavy (non-hydrogen) atoms. The number of halogens is 1. The molecule has 0 spiro atoms. The lowest BCUT2D eigenvalue weighted by molar-refractivity contribution is 0.106. The van der Waals surface area contributed by atoms with Crippen LogP contribution in [0.1, 0.15) is 10.5 Å². The van der Waals surface area contributed by atoms with Gasteiger partial charge in [0.25, 0.3) is 0 Å². The Morgan fingerprint density at radius 3 is 2.61 bits per heavy atom. The lowest BCUT2D eigenvalue weighted by Crippen LogP contribution is -2.03. The fourth-order valence-electron chi connectivity index (χ4n) is 1.31. The van der Waals surface area contributed by atoms with Gasteiger partial charge in [0.05, 0.1) is 6.21 Å². The third kappa shape index (κ3) is 2.76. The van der Waals surface area contributed by atoms with Crippen LogP contribution in [0, 0.1) is 11.2 Å². The third-order valence-corrected chi connectivity index (χ3v) is 2.14. The zero-order chi connectivity index (χ0) is 13.0. The van der Waals surface area contributed by atoms with Crippen LogP contribution in [0.25, 0.3) is 0 Å². The summed E-state index contributed by atoms with van der Waals surface area (Å²) in [5.74, 6) is -0.222. The number of carbonyl (C=O) groups excluding carboxylic acids is 1. The van der Waals surface area contributed by atoms with E-state index in [-0.39, 0.29) is 17.4 Å². The molecule has 0 unspecified atom stereocenters. The van der Waals surface area contributed by atoms with Crippen LogP contribution < -0.4 is 4.74 Å². The van der Waals surface area contributed by atoms with Gasteiger partial charge in [-0.05, 0) is 30.3 Å². The molecule has 0 aliphatic carbocycles. The molecule has 5 heteroatoms. The first-order valence-electron chi connectivity index (χ1n) is 5.14. The Morgan fingerprint density at radius 1 is 1.22 bits per heavy atom. The number of aromatic nitrogens is 1. The Balaban J connectivity index is 2.21. The smallest absolute Gasteiger partial charge is 0.221 e. The Labute approximate surface area is 103 Å². The molecular formula is C13H9FN2O2. The largest absolute Gasteiger partial charge is 0.439 e. The molecule has 0 saturated heterocycles. The Hall–Kier alpha value is -2.56. The maximum atomic E-state index is 12.7. The molecule has 0 aliphatic rings. The molecule has 2 rings (SSSR count). The summed E-state index contributed by atoms with van der Waals surface area (Å²) in [6.45, 7) is 0. The topological polar surface area (TPSA) is 63.0 Å². The first-order chi connectivity index (χ1) is 8.69. The van der Waals surface area contributed by atoms with Crippen molar-refractivity contribution in [2.24, 2.45) is 0 Å². The number of nitrogens with one attached hydrogen (secondary N) is 1. The van der Waals surface area contributed by atoms with Gasteiger partial charge in [-0.1, -0.05) is 6.07 Å². The van der Waals surface area contributed by atoms with E-state index in [1.165, 1.54) is 30.3 Å². The number of hydrogen-bond acceptors (Lipinski definition) is 4. The minimum absolute atomic E-state index is 0.129. The van der Waals surface area contributed by atoms with E-state index >= 15 is 0 Å². The summed E-state index contributed by atoms with van der Waals surface area (Å²) < 4.78 is 18.1. The number of Topliss-reactive ketones (excluding diaryl/α,β-unsaturated/α-hetero) is 1. The highest BCUT2D eigenvalue weighted by atomic mass is 19.1. The normalized spacial score (nSPS) is 9.83. The number of carbonyl (C=O) groups is 1. The third-order valence-electron chi connectivity index (χ3n) is 2.14. The first kappa shape index (κ1) is 11.9. The van der Waals surface area contributed by atoms with Gasteiger partial charge in [0.1, 0.15) is 17.3 Å². The minimum atomic E-state index is -0.500. The highest BCUT2D eigenvalue weighted by Crippen LogP contribution is 2.19. The van der Waals surface area contributed by atoms with Crippen LogP contribution in [-0.2, 0) is 0 Å². The van der Waals surface area contributed by atoms with Crippen LogP contribution in [0.3, 0.4) is 0 Å². The van der Waals surface area contributed by atoms with Gasteiger partial charge in [-0.3, -0.25) is 4.79 Å². The number of ether oxygens (including phenoxy) is 1. The summed E-state index contributed by atoms with van der Waals surface area (Å²) in [6.07, 6.45) is 0.685. The monoisotopic (exact) mass is 244 g/mol. The molecule has 4 nitrogen and oxygen atoms in total. The Morgan fingerprint density at radius 2 is 1.94 bits per heavy atom. The van der Waals surface area contributed by atoms with Crippen LogP contribution in [0.4, 0.5) is 4.39 Å². The van der Waals surface area contributed by atoms with E-state index in [0.717, 1.165) is 0 Å². The molecule has 1 N–H and O–H groups in total. The van der Waals surface area contributed by atoms with Crippen LogP contribution in [0.2, 0.25) is 0 Å². The molecule has 0 amide bonds. The molecule has 0 atom stereocenters. The van der Waals surface area contributed by atoms with E-state index < -0.39 is 5.78 Å². The highest BCUT2D eigenvalue weighted by molar-refractivity contribution is 6.33. The van der Waals surface area contributed by atoms with Gasteiger partial charge in [-0.2, -0.15) is 0 Å². The van der Waals surface area contributed by atoms with Crippen molar-refractivity contribution >= 4 is 12.0 Å². The fourth-order valence-corrected chi connectivity index (χ4v) is 1.31. The predicted octanol–water partition coefficient (Wildman–Crippen LogP) is 2.85. The quantitative estimate of drug-likeness (QED) is 0.664. The molecule has 2 aromatic rings. The number of nitrogens with zero attached hydrogens (tertiary/aromatic N) is 1. The average molecular weight is 244 g/mol. The number of benzene rings is 1. The van der Waals surface area contributed by atoms with Crippen LogP contribution >= 0.6 is 0 Å². The number of rotatable bonds is 4. The maximum Gasteiger partial charge on any atom is 0.221 e. The molecular weight excluding hydrogens is 235 g/mol.